The SMILES string of the molecule is CCOC(=O)c1c2ccccc2n2cc(OC(C)C(C)C#N)ccc12. The van der Waals surface area contributed by atoms with E-state index in [1.54, 1.807) is 6.92 Å². The van der Waals surface area contributed by atoms with Gasteiger partial charge in [-0.05, 0) is 39.0 Å². The summed E-state index contributed by atoms with van der Waals surface area (Å²) >= 11 is 0. The number of rotatable bonds is 5. The highest BCUT2D eigenvalue weighted by Gasteiger charge is 2.20. The van der Waals surface area contributed by atoms with Gasteiger partial charge in [0.2, 0.25) is 0 Å². The molecule has 0 N–H and O–H groups in total. The molecule has 0 radical (unpaired) electrons. The number of fused-ring (bicyclic) bond motifs is 3. The van der Waals surface area contributed by atoms with E-state index in [1.807, 2.05) is 60.8 Å². The minimum Gasteiger partial charge on any atom is -0.488 e. The number of nitriles is 1. The van der Waals surface area contributed by atoms with Crippen LogP contribution < -0.4 is 4.74 Å². The third-order valence-electron chi connectivity index (χ3n) is 4.32. The molecule has 3 rings (SSSR count). The lowest BCUT2D eigenvalue weighted by Gasteiger charge is -2.16. The fraction of sp³-hybridized carbons (Fsp3) is 0.300. The van der Waals surface area contributed by atoms with Crippen LogP contribution in [0.5, 0.6) is 5.75 Å². The maximum atomic E-state index is 12.4. The van der Waals surface area contributed by atoms with Crippen LogP contribution in [0.1, 0.15) is 31.1 Å². The number of nitrogens with zero attached hydrogens (tertiary/aromatic N) is 2. The number of hydrogen-bond acceptors (Lipinski definition) is 4. The van der Waals surface area contributed by atoms with Crippen LogP contribution in [0.25, 0.3) is 16.4 Å². The Bertz CT molecular complexity index is 968. The van der Waals surface area contributed by atoms with Crippen molar-refractivity contribution in [2.45, 2.75) is 26.9 Å². The molecule has 0 fully saturated rings. The van der Waals surface area contributed by atoms with Crippen LogP contribution >= 0.6 is 0 Å². The quantitative estimate of drug-likeness (QED) is 0.655. The van der Waals surface area contributed by atoms with Gasteiger partial charge in [-0.2, -0.15) is 5.26 Å². The number of ether oxygens (including phenoxy) is 2. The van der Waals surface area contributed by atoms with E-state index in [4.69, 9.17) is 14.7 Å². The molecule has 0 aliphatic carbocycles. The van der Waals surface area contributed by atoms with Gasteiger partial charge < -0.3 is 13.9 Å². The first kappa shape index (κ1) is 16.8. The largest absolute Gasteiger partial charge is 0.488 e. The topological polar surface area (TPSA) is 63.7 Å². The first-order valence-electron chi connectivity index (χ1n) is 8.33. The third kappa shape index (κ3) is 3.03. The number of carbonyl (C=O) groups excluding carboxylic acids is 1. The average molecular weight is 336 g/mol. The van der Waals surface area contributed by atoms with Gasteiger partial charge in [0.15, 0.2) is 0 Å². The fourth-order valence-corrected chi connectivity index (χ4v) is 2.83. The standard InChI is InChI=1S/C20H20N2O3/c1-4-24-20(23)19-16-7-5-6-8-17(16)22-12-15(9-10-18(19)22)25-14(3)13(2)11-21/h5-10,12-14H,4H2,1-3H3. The molecular formula is C20H20N2O3. The highest BCUT2D eigenvalue weighted by Crippen LogP contribution is 2.29. The van der Waals surface area contributed by atoms with E-state index in [0.717, 1.165) is 16.4 Å². The van der Waals surface area contributed by atoms with Gasteiger partial charge in [0, 0.05) is 5.39 Å². The second-order valence-electron chi connectivity index (χ2n) is 5.97. The molecule has 1 aromatic carbocycles. The Balaban J connectivity index is 2.13. The Kier molecular flexibility index (Phi) is 4.62. The van der Waals surface area contributed by atoms with Gasteiger partial charge in [-0.3, -0.25) is 0 Å². The van der Waals surface area contributed by atoms with Crippen molar-refractivity contribution >= 4 is 22.4 Å². The molecule has 0 bridgehead atoms. The number of pyridine rings is 1. The monoisotopic (exact) mass is 336 g/mol. The van der Waals surface area contributed by atoms with E-state index in [9.17, 15) is 4.79 Å². The Morgan fingerprint density at radius 2 is 1.96 bits per heavy atom. The van der Waals surface area contributed by atoms with Crippen molar-refractivity contribution in [2.75, 3.05) is 6.61 Å². The van der Waals surface area contributed by atoms with Crippen molar-refractivity contribution < 1.29 is 14.3 Å². The molecule has 5 heteroatoms. The smallest absolute Gasteiger partial charge is 0.340 e. The molecule has 0 saturated heterocycles. The predicted molar refractivity (Wildman–Crippen MR) is 95.7 cm³/mol. The Morgan fingerprint density at radius 1 is 1.20 bits per heavy atom. The van der Waals surface area contributed by atoms with Crippen molar-refractivity contribution in [2.24, 2.45) is 5.92 Å². The van der Waals surface area contributed by atoms with Crippen LogP contribution in [0.4, 0.5) is 0 Å². The van der Waals surface area contributed by atoms with E-state index in [-0.39, 0.29) is 18.0 Å². The van der Waals surface area contributed by atoms with Crippen LogP contribution in [-0.4, -0.2) is 23.1 Å². The number of para-hydroxylation sites is 1. The van der Waals surface area contributed by atoms with Crippen LogP contribution in [0, 0.1) is 17.2 Å². The van der Waals surface area contributed by atoms with Crippen LogP contribution in [0.3, 0.4) is 0 Å². The van der Waals surface area contributed by atoms with Crippen molar-refractivity contribution in [3.63, 3.8) is 0 Å². The van der Waals surface area contributed by atoms with E-state index >= 15 is 0 Å². The highest BCUT2D eigenvalue weighted by molar-refractivity contribution is 6.11. The number of hydrogen-bond donors (Lipinski definition) is 0. The van der Waals surface area contributed by atoms with Gasteiger partial charge in [-0.1, -0.05) is 18.2 Å². The zero-order valence-electron chi connectivity index (χ0n) is 14.5. The van der Waals surface area contributed by atoms with E-state index < -0.39 is 0 Å². The van der Waals surface area contributed by atoms with E-state index in [2.05, 4.69) is 6.07 Å². The summed E-state index contributed by atoms with van der Waals surface area (Å²) in [6, 6.07) is 13.6. The number of carbonyl (C=O) groups is 1. The Hall–Kier alpha value is -3.00. The molecule has 0 aliphatic rings. The maximum absolute atomic E-state index is 12.4. The summed E-state index contributed by atoms with van der Waals surface area (Å²) in [5.41, 5.74) is 2.24. The third-order valence-corrected chi connectivity index (χ3v) is 4.32. The average Bonchev–Trinajstić information content (AvgIpc) is 2.95. The van der Waals surface area contributed by atoms with Crippen molar-refractivity contribution in [3.8, 4) is 11.8 Å². The van der Waals surface area contributed by atoms with Gasteiger partial charge in [0.25, 0.3) is 0 Å². The minimum atomic E-state index is -0.332. The summed E-state index contributed by atoms with van der Waals surface area (Å²) < 4.78 is 13.0. The summed E-state index contributed by atoms with van der Waals surface area (Å²) in [6.45, 7) is 5.82. The lowest BCUT2D eigenvalue weighted by molar-refractivity contribution is 0.0531. The Labute approximate surface area is 146 Å². The van der Waals surface area contributed by atoms with Gasteiger partial charge in [-0.25, -0.2) is 4.79 Å². The molecule has 5 nitrogen and oxygen atoms in total. The predicted octanol–water partition coefficient (Wildman–Crippen LogP) is 4.20. The summed E-state index contributed by atoms with van der Waals surface area (Å²) in [5, 5.41) is 9.87. The first-order valence-corrected chi connectivity index (χ1v) is 8.33. The zero-order chi connectivity index (χ0) is 18.0. The molecule has 0 spiro atoms. The lowest BCUT2D eigenvalue weighted by atomic mass is 10.1. The molecule has 0 saturated carbocycles. The van der Waals surface area contributed by atoms with Crippen LogP contribution in [0.15, 0.2) is 42.6 Å². The molecule has 2 aromatic heterocycles. The van der Waals surface area contributed by atoms with Crippen molar-refractivity contribution in [1.29, 1.82) is 5.26 Å². The maximum Gasteiger partial charge on any atom is 0.340 e. The van der Waals surface area contributed by atoms with Gasteiger partial charge in [0.05, 0.1) is 41.4 Å². The number of aromatic nitrogens is 1. The zero-order valence-corrected chi connectivity index (χ0v) is 14.5. The number of esters is 1. The van der Waals surface area contributed by atoms with E-state index in [1.165, 1.54) is 0 Å². The normalized spacial score (nSPS) is 13.4. The molecule has 3 aromatic rings. The van der Waals surface area contributed by atoms with Gasteiger partial charge in [-0.15, -0.1) is 0 Å². The Morgan fingerprint density at radius 3 is 2.68 bits per heavy atom. The lowest BCUT2D eigenvalue weighted by Crippen LogP contribution is -2.20. The molecule has 0 amide bonds. The second kappa shape index (κ2) is 6.86. The molecule has 25 heavy (non-hydrogen) atoms. The molecule has 0 aliphatic heterocycles. The second-order valence-corrected chi connectivity index (χ2v) is 5.97. The van der Waals surface area contributed by atoms with Crippen molar-refractivity contribution in [1.82, 2.24) is 4.40 Å². The van der Waals surface area contributed by atoms with Crippen LogP contribution in [0.2, 0.25) is 0 Å². The molecule has 2 atom stereocenters. The van der Waals surface area contributed by atoms with Gasteiger partial charge >= 0.3 is 5.97 Å². The van der Waals surface area contributed by atoms with E-state index in [0.29, 0.717) is 17.9 Å². The summed E-state index contributed by atoms with van der Waals surface area (Å²) in [7, 11) is 0. The highest BCUT2D eigenvalue weighted by atomic mass is 16.5. The summed E-state index contributed by atoms with van der Waals surface area (Å²) in [6.07, 6.45) is 1.62. The molecule has 2 heterocycles. The molecule has 2 unspecified atom stereocenters. The van der Waals surface area contributed by atoms with Crippen LogP contribution in [-0.2, 0) is 4.74 Å². The minimum absolute atomic E-state index is 0.216. The van der Waals surface area contributed by atoms with Crippen molar-refractivity contribution in [3.05, 3.63) is 48.2 Å². The molecular weight excluding hydrogens is 316 g/mol. The fourth-order valence-electron chi connectivity index (χ4n) is 2.83. The molecule has 128 valence electrons. The number of benzene rings is 1. The first-order chi connectivity index (χ1) is 12.1. The summed E-state index contributed by atoms with van der Waals surface area (Å²) in [5.74, 6) is 0.104. The summed E-state index contributed by atoms with van der Waals surface area (Å²) in [4.78, 5) is 12.4. The van der Waals surface area contributed by atoms with Gasteiger partial charge in [0.1, 0.15) is 11.9 Å².